The largest absolute Gasteiger partial charge is 0.490 e. The van der Waals surface area contributed by atoms with E-state index < -0.39 is 5.97 Å². The zero-order valence-electron chi connectivity index (χ0n) is 9.63. The highest BCUT2D eigenvalue weighted by Gasteiger charge is 2.21. The van der Waals surface area contributed by atoms with Crippen molar-refractivity contribution >= 4 is 5.97 Å². The average Bonchev–Trinajstić information content (AvgIpc) is 2.32. The molecule has 1 saturated carbocycles. The van der Waals surface area contributed by atoms with Crippen molar-refractivity contribution < 1.29 is 14.6 Å². The molecule has 0 bridgehead atoms. The van der Waals surface area contributed by atoms with Gasteiger partial charge in [0.05, 0.1) is 6.10 Å². The molecule has 0 atom stereocenters. The van der Waals surface area contributed by atoms with E-state index >= 15 is 0 Å². The predicted molar refractivity (Wildman–Crippen MR) is 64.3 cm³/mol. The molecule has 0 spiro atoms. The number of para-hydroxylation sites is 1. The van der Waals surface area contributed by atoms with Gasteiger partial charge in [0.15, 0.2) is 0 Å². The summed E-state index contributed by atoms with van der Waals surface area (Å²) in [7, 11) is 0. The van der Waals surface area contributed by atoms with Crippen molar-refractivity contribution in [3.05, 3.63) is 29.8 Å². The van der Waals surface area contributed by atoms with Crippen LogP contribution < -0.4 is 10.5 Å². The van der Waals surface area contributed by atoms with E-state index in [1.54, 1.807) is 24.3 Å². The number of hydrogen-bond acceptors (Lipinski definition) is 3. The van der Waals surface area contributed by atoms with E-state index in [4.69, 9.17) is 15.6 Å². The summed E-state index contributed by atoms with van der Waals surface area (Å²) < 4.78 is 5.76. The maximum Gasteiger partial charge on any atom is 0.339 e. The molecule has 1 fully saturated rings. The van der Waals surface area contributed by atoms with Crippen LogP contribution in [0.15, 0.2) is 24.3 Å². The fourth-order valence-electron chi connectivity index (χ4n) is 2.13. The van der Waals surface area contributed by atoms with Gasteiger partial charge in [-0.05, 0) is 37.8 Å². The van der Waals surface area contributed by atoms with Gasteiger partial charge in [-0.2, -0.15) is 0 Å². The summed E-state index contributed by atoms with van der Waals surface area (Å²) in [5.41, 5.74) is 6.04. The molecule has 4 nitrogen and oxygen atoms in total. The number of hydrogen-bond donors (Lipinski definition) is 2. The van der Waals surface area contributed by atoms with Crippen molar-refractivity contribution in [1.29, 1.82) is 0 Å². The van der Waals surface area contributed by atoms with Crippen molar-refractivity contribution in [1.82, 2.24) is 0 Å². The van der Waals surface area contributed by atoms with Crippen LogP contribution in [0.25, 0.3) is 0 Å². The highest BCUT2D eigenvalue weighted by atomic mass is 16.5. The van der Waals surface area contributed by atoms with Crippen LogP contribution in [0.5, 0.6) is 5.75 Å². The Kier molecular flexibility index (Phi) is 3.64. The average molecular weight is 235 g/mol. The molecule has 0 saturated heterocycles. The van der Waals surface area contributed by atoms with E-state index in [1.807, 2.05) is 0 Å². The standard InChI is InChI=1S/C13H17NO3/c14-9-5-7-10(8-6-9)17-12-4-2-1-3-11(12)13(15)16/h1-4,9-10H,5-8,14H2,(H,15,16). The summed E-state index contributed by atoms with van der Waals surface area (Å²) in [6.45, 7) is 0. The minimum absolute atomic E-state index is 0.0929. The van der Waals surface area contributed by atoms with Crippen LogP contribution >= 0.6 is 0 Å². The molecule has 17 heavy (non-hydrogen) atoms. The van der Waals surface area contributed by atoms with Gasteiger partial charge in [-0.3, -0.25) is 0 Å². The summed E-state index contributed by atoms with van der Waals surface area (Å²) in [5, 5.41) is 9.04. The van der Waals surface area contributed by atoms with E-state index in [-0.39, 0.29) is 17.7 Å². The molecule has 0 unspecified atom stereocenters. The smallest absolute Gasteiger partial charge is 0.339 e. The number of nitrogens with two attached hydrogens (primary N) is 1. The monoisotopic (exact) mass is 235 g/mol. The number of carboxylic acid groups (broad SMARTS) is 1. The number of benzene rings is 1. The minimum atomic E-state index is -0.951. The molecular weight excluding hydrogens is 218 g/mol. The van der Waals surface area contributed by atoms with Crippen LogP contribution in [0.2, 0.25) is 0 Å². The van der Waals surface area contributed by atoms with Gasteiger partial charge in [-0.25, -0.2) is 4.79 Å². The molecule has 0 amide bonds. The van der Waals surface area contributed by atoms with Crippen molar-refractivity contribution in [3.63, 3.8) is 0 Å². The highest BCUT2D eigenvalue weighted by molar-refractivity contribution is 5.90. The van der Waals surface area contributed by atoms with Crippen LogP contribution in [0.3, 0.4) is 0 Å². The highest BCUT2D eigenvalue weighted by Crippen LogP contribution is 2.25. The molecule has 0 radical (unpaired) electrons. The molecule has 4 heteroatoms. The number of carboxylic acids is 1. The quantitative estimate of drug-likeness (QED) is 0.840. The minimum Gasteiger partial charge on any atom is -0.490 e. The second-order valence-corrected chi connectivity index (χ2v) is 4.46. The van der Waals surface area contributed by atoms with Gasteiger partial charge in [-0.1, -0.05) is 12.1 Å². The van der Waals surface area contributed by atoms with Crippen LogP contribution in [-0.2, 0) is 0 Å². The Balaban J connectivity index is 2.05. The van der Waals surface area contributed by atoms with Gasteiger partial charge in [0, 0.05) is 6.04 Å². The SMILES string of the molecule is NC1CCC(Oc2ccccc2C(=O)O)CC1. The maximum absolute atomic E-state index is 11.0. The fourth-order valence-corrected chi connectivity index (χ4v) is 2.13. The zero-order valence-corrected chi connectivity index (χ0v) is 9.63. The van der Waals surface area contributed by atoms with Crippen molar-refractivity contribution in [2.75, 3.05) is 0 Å². The first-order chi connectivity index (χ1) is 8.16. The van der Waals surface area contributed by atoms with Crippen LogP contribution in [0.4, 0.5) is 0 Å². The molecule has 92 valence electrons. The molecule has 1 aliphatic carbocycles. The Bertz CT molecular complexity index is 397. The fraction of sp³-hybridized carbons (Fsp3) is 0.462. The number of carbonyl (C=O) groups is 1. The molecule has 1 aromatic rings. The topological polar surface area (TPSA) is 72.5 Å². The van der Waals surface area contributed by atoms with Gasteiger partial charge in [0.25, 0.3) is 0 Å². The summed E-state index contributed by atoms with van der Waals surface area (Å²) in [5.74, 6) is -0.492. The first-order valence-electron chi connectivity index (χ1n) is 5.91. The molecule has 1 aromatic carbocycles. The first kappa shape index (κ1) is 11.9. The summed E-state index contributed by atoms with van der Waals surface area (Å²) >= 11 is 0. The lowest BCUT2D eigenvalue weighted by atomic mass is 9.93. The lowest BCUT2D eigenvalue weighted by Crippen LogP contribution is -2.31. The lowest BCUT2D eigenvalue weighted by Gasteiger charge is -2.27. The van der Waals surface area contributed by atoms with Gasteiger partial charge >= 0.3 is 5.97 Å². The summed E-state index contributed by atoms with van der Waals surface area (Å²) in [6.07, 6.45) is 3.78. The Hall–Kier alpha value is -1.55. The van der Waals surface area contributed by atoms with Crippen molar-refractivity contribution in [3.8, 4) is 5.75 Å². The third-order valence-electron chi connectivity index (χ3n) is 3.13. The number of ether oxygens (including phenoxy) is 1. The van der Waals surface area contributed by atoms with E-state index in [2.05, 4.69) is 0 Å². The first-order valence-corrected chi connectivity index (χ1v) is 5.91. The normalized spacial score (nSPS) is 24.3. The van der Waals surface area contributed by atoms with E-state index in [1.165, 1.54) is 0 Å². The molecule has 0 heterocycles. The van der Waals surface area contributed by atoms with E-state index in [9.17, 15) is 4.79 Å². The van der Waals surface area contributed by atoms with Crippen molar-refractivity contribution in [2.45, 2.75) is 37.8 Å². The van der Waals surface area contributed by atoms with Gasteiger partial charge in [-0.15, -0.1) is 0 Å². The Morgan fingerprint density at radius 2 is 1.88 bits per heavy atom. The molecule has 0 aliphatic heterocycles. The summed E-state index contributed by atoms with van der Waals surface area (Å²) in [6, 6.07) is 7.03. The van der Waals surface area contributed by atoms with E-state index in [0.717, 1.165) is 25.7 Å². The van der Waals surface area contributed by atoms with Crippen LogP contribution in [-0.4, -0.2) is 23.2 Å². The van der Waals surface area contributed by atoms with Crippen molar-refractivity contribution in [2.24, 2.45) is 5.73 Å². The predicted octanol–water partition coefficient (Wildman–Crippen LogP) is 2.03. The maximum atomic E-state index is 11.0. The van der Waals surface area contributed by atoms with Gasteiger partial charge in [0.2, 0.25) is 0 Å². The summed E-state index contributed by atoms with van der Waals surface area (Å²) in [4.78, 5) is 11.0. The Labute approximate surface area is 100 Å². The molecule has 2 rings (SSSR count). The number of aromatic carboxylic acids is 1. The Morgan fingerprint density at radius 1 is 1.24 bits per heavy atom. The van der Waals surface area contributed by atoms with Crippen LogP contribution in [0.1, 0.15) is 36.0 Å². The lowest BCUT2D eigenvalue weighted by molar-refractivity contribution is 0.0685. The van der Waals surface area contributed by atoms with Gasteiger partial charge in [0.1, 0.15) is 11.3 Å². The molecular formula is C13H17NO3. The van der Waals surface area contributed by atoms with Crippen LogP contribution in [0, 0.1) is 0 Å². The second-order valence-electron chi connectivity index (χ2n) is 4.46. The third-order valence-corrected chi connectivity index (χ3v) is 3.13. The van der Waals surface area contributed by atoms with Gasteiger partial charge < -0.3 is 15.6 Å². The second kappa shape index (κ2) is 5.19. The third kappa shape index (κ3) is 2.97. The Morgan fingerprint density at radius 3 is 2.53 bits per heavy atom. The molecule has 3 N–H and O–H groups in total. The zero-order chi connectivity index (χ0) is 12.3. The van der Waals surface area contributed by atoms with E-state index in [0.29, 0.717) is 5.75 Å². The number of rotatable bonds is 3. The molecule has 0 aromatic heterocycles. The molecule has 1 aliphatic rings.